The molecule has 0 unspecified atom stereocenters. The van der Waals surface area contributed by atoms with Crippen LogP contribution in [-0.4, -0.2) is 42.0 Å². The maximum absolute atomic E-state index is 13.1. The molecule has 0 saturated carbocycles. The van der Waals surface area contributed by atoms with Gasteiger partial charge in [-0.25, -0.2) is 0 Å². The van der Waals surface area contributed by atoms with Crippen LogP contribution in [0.1, 0.15) is 46.1 Å². The molecule has 32 heavy (non-hydrogen) atoms. The van der Waals surface area contributed by atoms with Crippen LogP contribution < -0.4 is 14.8 Å². The van der Waals surface area contributed by atoms with Crippen molar-refractivity contribution < 1.29 is 19.1 Å². The van der Waals surface area contributed by atoms with Gasteiger partial charge < -0.3 is 19.7 Å². The van der Waals surface area contributed by atoms with Gasteiger partial charge in [-0.1, -0.05) is 29.8 Å². The maximum atomic E-state index is 13.1. The van der Waals surface area contributed by atoms with E-state index in [1.54, 1.807) is 25.0 Å². The molecule has 0 fully saturated rings. The van der Waals surface area contributed by atoms with Gasteiger partial charge in [0.25, 0.3) is 0 Å². The van der Waals surface area contributed by atoms with Gasteiger partial charge >= 0.3 is 0 Å². The van der Waals surface area contributed by atoms with Gasteiger partial charge in [0.1, 0.15) is 17.5 Å². The van der Waals surface area contributed by atoms with E-state index in [1.807, 2.05) is 63.2 Å². The lowest BCUT2D eigenvalue weighted by Gasteiger charge is -2.31. The van der Waals surface area contributed by atoms with Crippen LogP contribution in [0.2, 0.25) is 5.02 Å². The summed E-state index contributed by atoms with van der Waals surface area (Å²) in [7, 11) is 1.61. The molecule has 1 atom stereocenters. The summed E-state index contributed by atoms with van der Waals surface area (Å²) < 4.78 is 10.9. The molecule has 2 rings (SSSR count). The molecule has 0 radical (unpaired) electrons. The van der Waals surface area contributed by atoms with E-state index in [-0.39, 0.29) is 24.8 Å². The molecule has 1 N–H and O–H groups in total. The van der Waals surface area contributed by atoms with E-state index in [9.17, 15) is 9.59 Å². The molecule has 0 saturated heterocycles. The molecule has 0 aromatic heterocycles. The van der Waals surface area contributed by atoms with Crippen molar-refractivity contribution >= 4 is 23.4 Å². The van der Waals surface area contributed by atoms with E-state index < -0.39 is 11.6 Å². The second-order valence-electron chi connectivity index (χ2n) is 8.66. The summed E-state index contributed by atoms with van der Waals surface area (Å²) >= 11 is 6.31. The minimum atomic E-state index is -0.638. The highest BCUT2D eigenvalue weighted by atomic mass is 35.5. The van der Waals surface area contributed by atoms with E-state index in [2.05, 4.69) is 5.32 Å². The molecule has 2 amide bonds. The molecule has 0 aliphatic heterocycles. The molecule has 0 bridgehead atoms. The monoisotopic (exact) mass is 460 g/mol. The average molecular weight is 461 g/mol. The molecular formula is C25H33ClN2O4. The third-order valence-electron chi connectivity index (χ3n) is 4.83. The highest BCUT2D eigenvalue weighted by Gasteiger charge is 2.28. The van der Waals surface area contributed by atoms with Gasteiger partial charge in [-0.15, -0.1) is 0 Å². The third kappa shape index (κ3) is 8.08. The number of benzene rings is 2. The number of carbonyl (C=O) groups excluding carboxylic acids is 2. The van der Waals surface area contributed by atoms with Gasteiger partial charge in [0.05, 0.1) is 13.7 Å². The fourth-order valence-electron chi connectivity index (χ4n) is 3.10. The van der Waals surface area contributed by atoms with Crippen molar-refractivity contribution in [1.29, 1.82) is 0 Å². The normalized spacial score (nSPS) is 12.1. The van der Waals surface area contributed by atoms with Gasteiger partial charge in [-0.3, -0.25) is 9.59 Å². The van der Waals surface area contributed by atoms with E-state index in [4.69, 9.17) is 21.1 Å². The lowest BCUT2D eigenvalue weighted by molar-refractivity contribution is -0.141. The minimum absolute atomic E-state index is 0.125. The Morgan fingerprint density at radius 3 is 2.28 bits per heavy atom. The van der Waals surface area contributed by atoms with Crippen molar-refractivity contribution in [2.45, 2.75) is 58.7 Å². The van der Waals surface area contributed by atoms with Crippen molar-refractivity contribution in [2.24, 2.45) is 0 Å². The Hall–Kier alpha value is -2.73. The molecule has 0 spiro atoms. The van der Waals surface area contributed by atoms with Crippen molar-refractivity contribution in [3.05, 3.63) is 59.1 Å². The van der Waals surface area contributed by atoms with Crippen molar-refractivity contribution in [2.75, 3.05) is 13.7 Å². The number of ether oxygens (including phenoxy) is 2. The molecule has 2 aromatic rings. The molecule has 2 aromatic carbocycles. The SMILES string of the molecule is COc1ccc(OCCCC(=O)N(Cc2ccccc2Cl)[C@@H](C)C(=O)NC(C)(C)C)cc1. The highest BCUT2D eigenvalue weighted by Crippen LogP contribution is 2.20. The van der Waals surface area contributed by atoms with Gasteiger partial charge in [0.2, 0.25) is 11.8 Å². The first kappa shape index (κ1) is 25.5. The Labute approximate surface area is 195 Å². The van der Waals surface area contributed by atoms with E-state index in [0.29, 0.717) is 23.8 Å². The van der Waals surface area contributed by atoms with Crippen LogP contribution in [0, 0.1) is 0 Å². The largest absolute Gasteiger partial charge is 0.497 e. The Morgan fingerprint density at radius 2 is 1.69 bits per heavy atom. The minimum Gasteiger partial charge on any atom is -0.497 e. The van der Waals surface area contributed by atoms with Gasteiger partial charge in [-0.2, -0.15) is 0 Å². The standard InChI is InChI=1S/C25H33ClN2O4/c1-18(24(30)27-25(2,3)4)28(17-19-9-6-7-10-22(19)26)23(29)11-8-16-32-21-14-12-20(31-5)13-15-21/h6-7,9-10,12-15,18H,8,11,16-17H2,1-5H3,(H,27,30)/t18-/m0/s1. The van der Waals surface area contributed by atoms with Crippen LogP contribution in [0.5, 0.6) is 11.5 Å². The van der Waals surface area contributed by atoms with E-state index in [0.717, 1.165) is 11.3 Å². The first-order valence-corrected chi connectivity index (χ1v) is 11.1. The number of nitrogens with one attached hydrogen (secondary N) is 1. The van der Waals surface area contributed by atoms with Crippen LogP contribution in [0.15, 0.2) is 48.5 Å². The number of carbonyl (C=O) groups is 2. The Balaban J connectivity index is 2.02. The fraction of sp³-hybridized carbons (Fsp3) is 0.440. The van der Waals surface area contributed by atoms with Crippen LogP contribution >= 0.6 is 11.6 Å². The smallest absolute Gasteiger partial charge is 0.242 e. The number of hydrogen-bond donors (Lipinski definition) is 1. The van der Waals surface area contributed by atoms with E-state index >= 15 is 0 Å². The molecule has 7 heteroatoms. The third-order valence-corrected chi connectivity index (χ3v) is 5.20. The second kappa shape index (κ2) is 11.8. The number of rotatable bonds is 10. The summed E-state index contributed by atoms with van der Waals surface area (Å²) in [6, 6.07) is 14.0. The van der Waals surface area contributed by atoms with Crippen LogP contribution in [0.4, 0.5) is 0 Å². The van der Waals surface area contributed by atoms with E-state index in [1.165, 1.54) is 0 Å². The quantitative estimate of drug-likeness (QED) is 0.515. The average Bonchev–Trinajstić information content (AvgIpc) is 2.74. The van der Waals surface area contributed by atoms with Crippen molar-refractivity contribution in [1.82, 2.24) is 10.2 Å². The summed E-state index contributed by atoms with van der Waals surface area (Å²) in [6.45, 7) is 8.12. The van der Waals surface area contributed by atoms with Crippen molar-refractivity contribution in [3.63, 3.8) is 0 Å². The Kier molecular flexibility index (Phi) is 9.39. The number of nitrogens with zero attached hydrogens (tertiary/aromatic N) is 1. The zero-order valence-electron chi connectivity index (χ0n) is 19.5. The lowest BCUT2D eigenvalue weighted by atomic mass is 10.1. The predicted octanol–water partition coefficient (Wildman–Crippen LogP) is 4.84. The van der Waals surface area contributed by atoms with Crippen molar-refractivity contribution in [3.8, 4) is 11.5 Å². The molecule has 0 aliphatic rings. The number of amides is 2. The van der Waals surface area contributed by atoms with Crippen LogP contribution in [0.25, 0.3) is 0 Å². The zero-order valence-corrected chi connectivity index (χ0v) is 20.2. The maximum Gasteiger partial charge on any atom is 0.242 e. The Bertz CT molecular complexity index is 894. The number of hydrogen-bond acceptors (Lipinski definition) is 4. The summed E-state index contributed by atoms with van der Waals surface area (Å²) in [5.74, 6) is 1.14. The topological polar surface area (TPSA) is 67.9 Å². The lowest BCUT2D eigenvalue weighted by Crippen LogP contribution is -2.52. The molecule has 0 heterocycles. The second-order valence-corrected chi connectivity index (χ2v) is 9.06. The van der Waals surface area contributed by atoms with Gasteiger partial charge in [0, 0.05) is 23.5 Å². The molecular weight excluding hydrogens is 428 g/mol. The molecule has 0 aliphatic carbocycles. The van der Waals surface area contributed by atoms with Crippen LogP contribution in [0.3, 0.4) is 0 Å². The molecule has 6 nitrogen and oxygen atoms in total. The Morgan fingerprint density at radius 1 is 1.06 bits per heavy atom. The molecule has 174 valence electrons. The number of methoxy groups -OCH3 is 1. The summed E-state index contributed by atoms with van der Waals surface area (Å²) in [6.07, 6.45) is 0.783. The van der Waals surface area contributed by atoms with Crippen LogP contribution in [-0.2, 0) is 16.1 Å². The number of halogens is 1. The predicted molar refractivity (Wildman–Crippen MR) is 127 cm³/mol. The fourth-order valence-corrected chi connectivity index (χ4v) is 3.29. The summed E-state index contributed by atoms with van der Waals surface area (Å²) in [4.78, 5) is 27.4. The van der Waals surface area contributed by atoms with Gasteiger partial charge in [0.15, 0.2) is 0 Å². The summed E-state index contributed by atoms with van der Waals surface area (Å²) in [5, 5.41) is 3.52. The first-order valence-electron chi connectivity index (χ1n) is 10.7. The summed E-state index contributed by atoms with van der Waals surface area (Å²) in [5.41, 5.74) is 0.406. The highest BCUT2D eigenvalue weighted by molar-refractivity contribution is 6.31. The zero-order chi connectivity index (χ0) is 23.7. The first-order chi connectivity index (χ1) is 15.1. The van der Waals surface area contributed by atoms with Gasteiger partial charge in [-0.05, 0) is 70.0 Å².